The van der Waals surface area contributed by atoms with Crippen LogP contribution in [0.3, 0.4) is 0 Å². The van der Waals surface area contributed by atoms with Crippen molar-refractivity contribution >= 4 is 23.2 Å². The molecule has 0 aromatic heterocycles. The topological polar surface area (TPSA) is 29.1 Å². The zero-order valence-corrected chi connectivity index (χ0v) is 13.2. The maximum atomic E-state index is 11.8. The van der Waals surface area contributed by atoms with Gasteiger partial charge in [0.2, 0.25) is 5.91 Å². The Kier molecular flexibility index (Phi) is 9.14. The van der Waals surface area contributed by atoms with Gasteiger partial charge in [-0.1, -0.05) is 51.2 Å². The summed E-state index contributed by atoms with van der Waals surface area (Å²) in [6.07, 6.45) is 8.74. The molecular weight excluding hydrogens is 270 g/mol. The third-order valence-electron chi connectivity index (χ3n) is 3.38. The van der Waals surface area contributed by atoms with Gasteiger partial charge in [-0.15, -0.1) is 11.6 Å². The molecule has 0 unspecified atom stereocenters. The predicted octanol–water partition coefficient (Wildman–Crippen LogP) is 5.16. The molecule has 0 atom stereocenters. The molecule has 1 rings (SSSR count). The van der Waals surface area contributed by atoms with Gasteiger partial charge in [0.25, 0.3) is 0 Å². The van der Waals surface area contributed by atoms with Crippen molar-refractivity contribution in [2.24, 2.45) is 0 Å². The van der Waals surface area contributed by atoms with Gasteiger partial charge in [0.05, 0.1) is 0 Å². The molecule has 0 aliphatic carbocycles. The Labute approximate surface area is 127 Å². The molecule has 0 fully saturated rings. The summed E-state index contributed by atoms with van der Waals surface area (Å²) in [5, 5.41) is 2.94. The second kappa shape index (κ2) is 10.7. The minimum atomic E-state index is 0.116. The molecule has 2 nitrogen and oxygen atoms in total. The summed E-state index contributed by atoms with van der Waals surface area (Å²) < 4.78 is 0. The number of hydrogen-bond acceptors (Lipinski definition) is 1. The standard InChI is InChI=1S/C17H26ClNO/c1-2-3-4-5-6-7-8-17(20)19-16-11-9-15(10-12-16)13-14-18/h9-12H,2-8,13-14H2,1H3,(H,19,20). The zero-order valence-electron chi connectivity index (χ0n) is 12.5. The van der Waals surface area contributed by atoms with E-state index in [1.807, 2.05) is 24.3 Å². The van der Waals surface area contributed by atoms with E-state index in [2.05, 4.69) is 12.2 Å². The molecular formula is C17H26ClNO. The molecule has 0 spiro atoms. The summed E-state index contributed by atoms with van der Waals surface area (Å²) in [7, 11) is 0. The van der Waals surface area contributed by atoms with Gasteiger partial charge >= 0.3 is 0 Å². The van der Waals surface area contributed by atoms with E-state index in [-0.39, 0.29) is 5.91 Å². The average Bonchev–Trinajstić information content (AvgIpc) is 2.45. The van der Waals surface area contributed by atoms with Crippen LogP contribution in [0.5, 0.6) is 0 Å². The molecule has 1 aromatic carbocycles. The number of carbonyl (C=O) groups is 1. The van der Waals surface area contributed by atoms with E-state index in [9.17, 15) is 4.79 Å². The highest BCUT2D eigenvalue weighted by Gasteiger charge is 2.02. The lowest BCUT2D eigenvalue weighted by molar-refractivity contribution is -0.116. The summed E-state index contributed by atoms with van der Waals surface area (Å²) in [6.45, 7) is 2.21. The second-order valence-electron chi connectivity index (χ2n) is 5.20. The van der Waals surface area contributed by atoms with E-state index >= 15 is 0 Å². The lowest BCUT2D eigenvalue weighted by Crippen LogP contribution is -2.11. The Balaban J connectivity index is 2.18. The molecule has 0 bridgehead atoms. The van der Waals surface area contributed by atoms with E-state index in [0.717, 1.165) is 24.9 Å². The van der Waals surface area contributed by atoms with Crippen LogP contribution in [0.4, 0.5) is 5.69 Å². The fraction of sp³-hybridized carbons (Fsp3) is 0.588. The fourth-order valence-electron chi connectivity index (χ4n) is 2.15. The van der Waals surface area contributed by atoms with Crippen LogP contribution in [-0.4, -0.2) is 11.8 Å². The van der Waals surface area contributed by atoms with E-state index in [1.54, 1.807) is 0 Å². The Morgan fingerprint density at radius 3 is 2.35 bits per heavy atom. The molecule has 1 aromatic rings. The Bertz CT molecular complexity index is 375. The molecule has 3 heteroatoms. The highest BCUT2D eigenvalue weighted by molar-refractivity contribution is 6.17. The van der Waals surface area contributed by atoms with Crippen LogP contribution >= 0.6 is 11.6 Å². The SMILES string of the molecule is CCCCCCCCC(=O)Nc1ccc(CCCl)cc1. The Morgan fingerprint density at radius 1 is 1.05 bits per heavy atom. The number of aryl methyl sites for hydroxylation is 1. The number of nitrogens with one attached hydrogen (secondary N) is 1. The van der Waals surface area contributed by atoms with Crippen LogP contribution in [0.15, 0.2) is 24.3 Å². The highest BCUT2D eigenvalue weighted by Crippen LogP contribution is 2.12. The molecule has 20 heavy (non-hydrogen) atoms. The molecule has 0 saturated heterocycles. The average molecular weight is 296 g/mol. The maximum Gasteiger partial charge on any atom is 0.224 e. The van der Waals surface area contributed by atoms with Crippen molar-refractivity contribution in [3.8, 4) is 0 Å². The van der Waals surface area contributed by atoms with Gasteiger partial charge in [-0.05, 0) is 30.5 Å². The van der Waals surface area contributed by atoms with Crippen molar-refractivity contribution in [2.45, 2.75) is 58.3 Å². The number of hydrogen-bond donors (Lipinski definition) is 1. The van der Waals surface area contributed by atoms with Gasteiger partial charge in [0.1, 0.15) is 0 Å². The van der Waals surface area contributed by atoms with Crippen molar-refractivity contribution in [3.63, 3.8) is 0 Å². The maximum absolute atomic E-state index is 11.8. The van der Waals surface area contributed by atoms with Crippen molar-refractivity contribution in [1.82, 2.24) is 0 Å². The normalized spacial score (nSPS) is 10.5. The molecule has 0 aliphatic rings. The minimum Gasteiger partial charge on any atom is -0.326 e. The third kappa shape index (κ3) is 7.54. The van der Waals surface area contributed by atoms with Gasteiger partial charge in [-0.3, -0.25) is 4.79 Å². The van der Waals surface area contributed by atoms with Gasteiger partial charge < -0.3 is 5.32 Å². The molecule has 0 saturated carbocycles. The first-order valence-corrected chi connectivity index (χ1v) is 8.24. The second-order valence-corrected chi connectivity index (χ2v) is 5.58. The summed E-state index contributed by atoms with van der Waals surface area (Å²) >= 11 is 5.69. The number of benzene rings is 1. The van der Waals surface area contributed by atoms with Crippen LogP contribution in [0.1, 0.15) is 57.4 Å². The largest absolute Gasteiger partial charge is 0.326 e. The molecule has 0 aliphatic heterocycles. The first kappa shape index (κ1) is 17.0. The van der Waals surface area contributed by atoms with Crippen LogP contribution < -0.4 is 5.32 Å². The van der Waals surface area contributed by atoms with Crippen molar-refractivity contribution in [2.75, 3.05) is 11.2 Å². The third-order valence-corrected chi connectivity index (χ3v) is 3.57. The minimum absolute atomic E-state index is 0.116. The smallest absolute Gasteiger partial charge is 0.224 e. The van der Waals surface area contributed by atoms with Crippen LogP contribution in [0.25, 0.3) is 0 Å². The van der Waals surface area contributed by atoms with Crippen LogP contribution in [0, 0.1) is 0 Å². The fourth-order valence-corrected chi connectivity index (χ4v) is 2.37. The molecule has 112 valence electrons. The predicted molar refractivity (Wildman–Crippen MR) is 87.5 cm³/mol. The van der Waals surface area contributed by atoms with Crippen molar-refractivity contribution < 1.29 is 4.79 Å². The van der Waals surface area contributed by atoms with Gasteiger partial charge in [-0.25, -0.2) is 0 Å². The van der Waals surface area contributed by atoms with E-state index in [4.69, 9.17) is 11.6 Å². The zero-order chi connectivity index (χ0) is 14.6. The first-order chi connectivity index (χ1) is 9.76. The van der Waals surface area contributed by atoms with E-state index < -0.39 is 0 Å². The number of alkyl halides is 1. The number of carbonyl (C=O) groups excluding carboxylic acids is 1. The van der Waals surface area contributed by atoms with E-state index in [1.165, 1.54) is 31.2 Å². The number of unbranched alkanes of at least 4 members (excludes halogenated alkanes) is 5. The lowest BCUT2D eigenvalue weighted by atomic mass is 10.1. The lowest BCUT2D eigenvalue weighted by Gasteiger charge is -2.06. The number of amides is 1. The molecule has 1 N–H and O–H groups in total. The van der Waals surface area contributed by atoms with Crippen molar-refractivity contribution in [1.29, 1.82) is 0 Å². The monoisotopic (exact) mass is 295 g/mol. The number of rotatable bonds is 10. The molecule has 0 heterocycles. The molecule has 0 radical (unpaired) electrons. The quantitative estimate of drug-likeness (QED) is 0.469. The summed E-state index contributed by atoms with van der Waals surface area (Å²) in [4.78, 5) is 11.8. The summed E-state index contributed by atoms with van der Waals surface area (Å²) in [6, 6.07) is 7.92. The van der Waals surface area contributed by atoms with Crippen LogP contribution in [0.2, 0.25) is 0 Å². The van der Waals surface area contributed by atoms with Crippen molar-refractivity contribution in [3.05, 3.63) is 29.8 Å². The van der Waals surface area contributed by atoms with Gasteiger partial charge in [0, 0.05) is 18.0 Å². The van der Waals surface area contributed by atoms with Crippen LogP contribution in [-0.2, 0) is 11.2 Å². The Hall–Kier alpha value is -1.02. The van der Waals surface area contributed by atoms with Gasteiger partial charge in [-0.2, -0.15) is 0 Å². The summed E-state index contributed by atoms with van der Waals surface area (Å²) in [5.74, 6) is 0.745. The summed E-state index contributed by atoms with van der Waals surface area (Å²) in [5.41, 5.74) is 2.08. The number of halogens is 1. The van der Waals surface area contributed by atoms with E-state index in [0.29, 0.717) is 12.3 Å². The van der Waals surface area contributed by atoms with Gasteiger partial charge in [0.15, 0.2) is 0 Å². The highest BCUT2D eigenvalue weighted by atomic mass is 35.5. The first-order valence-electron chi connectivity index (χ1n) is 7.71. The number of anilines is 1. The molecule has 1 amide bonds. The Morgan fingerprint density at radius 2 is 1.70 bits per heavy atom.